The van der Waals surface area contributed by atoms with Crippen LogP contribution in [0.3, 0.4) is 0 Å². The van der Waals surface area contributed by atoms with Crippen LogP contribution in [-0.2, 0) is 0 Å². The summed E-state index contributed by atoms with van der Waals surface area (Å²) in [4.78, 5) is 2.52. The van der Waals surface area contributed by atoms with Gasteiger partial charge in [-0.05, 0) is 60.0 Å². The molecular formula is C13H18BrNOS. The number of aliphatic hydroxyl groups is 1. The molecule has 2 aliphatic rings. The van der Waals surface area contributed by atoms with Gasteiger partial charge in [0.05, 0.1) is 6.10 Å². The Balaban J connectivity index is 1.76. The van der Waals surface area contributed by atoms with Crippen LogP contribution in [0.1, 0.15) is 37.4 Å². The quantitative estimate of drug-likeness (QED) is 0.904. The van der Waals surface area contributed by atoms with Crippen LogP contribution in [-0.4, -0.2) is 29.1 Å². The van der Waals surface area contributed by atoms with Crippen molar-refractivity contribution >= 4 is 27.3 Å². The molecule has 3 unspecified atom stereocenters. The fourth-order valence-corrected chi connectivity index (χ4v) is 5.03. The van der Waals surface area contributed by atoms with Crippen LogP contribution < -0.4 is 0 Å². The molecule has 1 aromatic rings. The van der Waals surface area contributed by atoms with Crippen LogP contribution in [0.4, 0.5) is 0 Å². The number of rotatable bonds is 2. The molecule has 0 aliphatic carbocycles. The first-order valence-corrected chi connectivity index (χ1v) is 8.02. The molecule has 1 aromatic heterocycles. The molecular weight excluding hydrogens is 298 g/mol. The Kier molecular flexibility index (Phi) is 3.32. The molecule has 3 rings (SSSR count). The summed E-state index contributed by atoms with van der Waals surface area (Å²) < 4.78 is 1.07. The molecule has 2 fully saturated rings. The van der Waals surface area contributed by atoms with Gasteiger partial charge >= 0.3 is 0 Å². The molecule has 4 heteroatoms. The highest BCUT2D eigenvalue weighted by Gasteiger charge is 2.41. The summed E-state index contributed by atoms with van der Waals surface area (Å²) in [5.41, 5.74) is 1.09. The van der Waals surface area contributed by atoms with E-state index in [0.717, 1.165) is 22.9 Å². The van der Waals surface area contributed by atoms with Crippen molar-refractivity contribution in [3.63, 3.8) is 0 Å². The highest BCUT2D eigenvalue weighted by Crippen LogP contribution is 2.44. The number of nitrogens with zero attached hydrogens (tertiary/aromatic N) is 1. The average molecular weight is 316 g/mol. The first kappa shape index (κ1) is 12.2. The molecule has 0 saturated carbocycles. The maximum absolute atomic E-state index is 10.5. The van der Waals surface area contributed by atoms with Crippen molar-refractivity contribution in [2.75, 3.05) is 7.05 Å². The Morgan fingerprint density at radius 2 is 2.00 bits per heavy atom. The predicted molar refractivity (Wildman–Crippen MR) is 74.3 cm³/mol. The smallest absolute Gasteiger partial charge is 0.0838 e. The Bertz CT molecular complexity index is 394. The molecule has 1 N–H and O–H groups in total. The molecule has 0 amide bonds. The first-order valence-electron chi connectivity index (χ1n) is 6.28. The van der Waals surface area contributed by atoms with Gasteiger partial charge in [-0.1, -0.05) is 0 Å². The van der Waals surface area contributed by atoms with Gasteiger partial charge in [0.15, 0.2) is 0 Å². The van der Waals surface area contributed by atoms with Crippen LogP contribution in [0, 0.1) is 5.92 Å². The second kappa shape index (κ2) is 4.65. The summed E-state index contributed by atoms with van der Waals surface area (Å²) in [5, 5.41) is 14.7. The summed E-state index contributed by atoms with van der Waals surface area (Å²) >= 11 is 5.19. The molecule has 17 heavy (non-hydrogen) atoms. The van der Waals surface area contributed by atoms with E-state index in [2.05, 4.69) is 38.6 Å². The number of fused-ring (bicyclic) bond motifs is 2. The first-order chi connectivity index (χ1) is 8.16. The minimum absolute atomic E-state index is 0.285. The Morgan fingerprint density at radius 3 is 2.53 bits per heavy atom. The van der Waals surface area contributed by atoms with E-state index in [1.807, 2.05) is 0 Å². The van der Waals surface area contributed by atoms with E-state index in [1.54, 1.807) is 11.3 Å². The van der Waals surface area contributed by atoms with E-state index in [1.165, 1.54) is 12.8 Å². The number of hydrogen-bond acceptors (Lipinski definition) is 3. The second-order valence-electron chi connectivity index (χ2n) is 5.40. The lowest BCUT2D eigenvalue weighted by atomic mass is 9.84. The van der Waals surface area contributed by atoms with Gasteiger partial charge in [0.1, 0.15) is 0 Å². The van der Waals surface area contributed by atoms with Gasteiger partial charge in [-0.2, -0.15) is 11.3 Å². The van der Waals surface area contributed by atoms with E-state index in [9.17, 15) is 5.11 Å². The number of aliphatic hydroxyl groups excluding tert-OH is 1. The summed E-state index contributed by atoms with van der Waals surface area (Å²) in [6.45, 7) is 0. The molecule has 3 atom stereocenters. The topological polar surface area (TPSA) is 23.5 Å². The maximum atomic E-state index is 10.5. The molecule has 0 radical (unpaired) electrons. The normalized spacial score (nSPS) is 35.1. The van der Waals surface area contributed by atoms with Crippen molar-refractivity contribution in [2.24, 2.45) is 5.92 Å². The Labute approximate surface area is 115 Å². The predicted octanol–water partition coefficient (Wildman–Crippen LogP) is 3.42. The molecule has 2 saturated heterocycles. The Morgan fingerprint density at radius 1 is 1.35 bits per heavy atom. The number of hydrogen-bond donors (Lipinski definition) is 1. The standard InChI is InChI=1S/C13H18BrNOS/c1-15-9-2-3-10(15)5-8(4-9)13(16)11-6-17-7-12(11)14/h6-10,13,16H,2-5H2,1H3. The van der Waals surface area contributed by atoms with E-state index in [4.69, 9.17) is 0 Å². The Hall–Kier alpha value is 0.100. The zero-order valence-electron chi connectivity index (χ0n) is 9.97. The minimum atomic E-state index is -0.285. The lowest BCUT2D eigenvalue weighted by Crippen LogP contribution is -2.41. The fraction of sp³-hybridized carbons (Fsp3) is 0.692. The zero-order chi connectivity index (χ0) is 12.0. The molecule has 94 valence electrons. The van der Waals surface area contributed by atoms with Crippen LogP contribution in [0.2, 0.25) is 0 Å². The maximum Gasteiger partial charge on any atom is 0.0838 e. The zero-order valence-corrected chi connectivity index (χ0v) is 12.4. The lowest BCUT2D eigenvalue weighted by Gasteiger charge is -2.38. The number of piperidine rings is 1. The van der Waals surface area contributed by atoms with E-state index < -0.39 is 0 Å². The SMILES string of the molecule is CN1C2CCC1CC(C(O)c1cscc1Br)C2. The van der Waals surface area contributed by atoms with E-state index in [-0.39, 0.29) is 6.10 Å². The molecule has 3 heterocycles. The van der Waals surface area contributed by atoms with E-state index >= 15 is 0 Å². The van der Waals surface area contributed by atoms with Gasteiger partial charge in [-0.3, -0.25) is 0 Å². The summed E-state index contributed by atoms with van der Waals surface area (Å²) in [6, 6.07) is 1.40. The van der Waals surface area contributed by atoms with Gasteiger partial charge in [0, 0.05) is 27.5 Å². The van der Waals surface area contributed by atoms with E-state index in [0.29, 0.717) is 18.0 Å². The number of thiophene rings is 1. The lowest BCUT2D eigenvalue weighted by molar-refractivity contribution is 0.0355. The highest BCUT2D eigenvalue weighted by molar-refractivity contribution is 9.10. The number of halogens is 1. The second-order valence-corrected chi connectivity index (χ2v) is 7.00. The van der Waals surface area contributed by atoms with Crippen molar-refractivity contribution in [2.45, 2.75) is 43.9 Å². The molecule has 2 aliphatic heterocycles. The molecule has 2 bridgehead atoms. The van der Waals surface area contributed by atoms with Gasteiger partial charge in [-0.15, -0.1) is 0 Å². The molecule has 0 spiro atoms. The van der Waals surface area contributed by atoms with Gasteiger partial charge < -0.3 is 10.0 Å². The molecule has 0 aromatic carbocycles. The largest absolute Gasteiger partial charge is 0.388 e. The fourth-order valence-electron chi connectivity index (χ4n) is 3.47. The van der Waals surface area contributed by atoms with Gasteiger partial charge in [0.25, 0.3) is 0 Å². The van der Waals surface area contributed by atoms with Gasteiger partial charge in [0.2, 0.25) is 0 Å². The van der Waals surface area contributed by atoms with Crippen LogP contribution in [0.5, 0.6) is 0 Å². The van der Waals surface area contributed by atoms with Gasteiger partial charge in [-0.25, -0.2) is 0 Å². The van der Waals surface area contributed by atoms with Crippen molar-refractivity contribution in [3.05, 3.63) is 20.8 Å². The summed E-state index contributed by atoms with van der Waals surface area (Å²) in [5.74, 6) is 0.439. The van der Waals surface area contributed by atoms with Crippen LogP contribution >= 0.6 is 27.3 Å². The van der Waals surface area contributed by atoms with Crippen molar-refractivity contribution in [1.82, 2.24) is 4.90 Å². The monoisotopic (exact) mass is 315 g/mol. The highest BCUT2D eigenvalue weighted by atomic mass is 79.9. The summed E-state index contributed by atoms with van der Waals surface area (Å²) in [7, 11) is 2.24. The third kappa shape index (κ3) is 2.09. The molecule has 2 nitrogen and oxygen atoms in total. The van der Waals surface area contributed by atoms with Crippen molar-refractivity contribution < 1.29 is 5.11 Å². The third-order valence-corrected chi connectivity index (χ3v) is 6.29. The van der Waals surface area contributed by atoms with Crippen LogP contribution in [0.25, 0.3) is 0 Å². The minimum Gasteiger partial charge on any atom is -0.388 e. The average Bonchev–Trinajstić information content (AvgIpc) is 2.79. The van der Waals surface area contributed by atoms with Crippen molar-refractivity contribution in [1.29, 1.82) is 0 Å². The van der Waals surface area contributed by atoms with Crippen molar-refractivity contribution in [3.8, 4) is 0 Å². The van der Waals surface area contributed by atoms with Crippen LogP contribution in [0.15, 0.2) is 15.2 Å². The third-order valence-electron chi connectivity index (χ3n) is 4.54. The summed E-state index contributed by atoms with van der Waals surface area (Å²) in [6.07, 6.45) is 4.64.